The predicted molar refractivity (Wildman–Crippen MR) is 131 cm³/mol. The first-order valence-corrected chi connectivity index (χ1v) is 11.8. The molecule has 0 radical (unpaired) electrons. The van der Waals surface area contributed by atoms with Gasteiger partial charge in [0.15, 0.2) is 0 Å². The normalized spacial score (nSPS) is 19.8. The highest BCUT2D eigenvalue weighted by Crippen LogP contribution is 2.38. The Hall–Kier alpha value is -3.64. The number of aromatic hydroxyl groups is 1. The van der Waals surface area contributed by atoms with Crippen LogP contribution in [0.3, 0.4) is 0 Å². The molecule has 2 bridgehead atoms. The number of phenols is 1. The van der Waals surface area contributed by atoms with Gasteiger partial charge >= 0.3 is 5.63 Å². The topological polar surface area (TPSA) is 75.7 Å². The zero-order valence-corrected chi connectivity index (χ0v) is 19.0. The standard InChI is InChI=1S/C28H26N2O4/c1-17-21-10-11-24(31)22(27(21)34-28(33)26(17)19-6-3-2-4-7-19)16-29-13-18-12-20(15-29)23-8-5-9-25(32)30(23)14-18/h2-11,18,20,31H,12-16H2,1H3/t18-,20-/m0/s1. The number of likely N-dealkylation sites (tertiary alicyclic amines) is 1. The first-order chi connectivity index (χ1) is 16.5. The molecule has 4 aromatic rings. The van der Waals surface area contributed by atoms with Crippen LogP contribution in [0.4, 0.5) is 0 Å². The number of pyridine rings is 1. The van der Waals surface area contributed by atoms with Crippen LogP contribution in [-0.2, 0) is 13.1 Å². The third-order valence-electron chi connectivity index (χ3n) is 7.41. The Morgan fingerprint density at radius 3 is 2.62 bits per heavy atom. The summed E-state index contributed by atoms with van der Waals surface area (Å²) < 4.78 is 7.78. The van der Waals surface area contributed by atoms with Crippen molar-refractivity contribution in [3.05, 3.63) is 98.3 Å². The number of nitrogens with zero attached hydrogens (tertiary/aromatic N) is 2. The highest BCUT2D eigenvalue weighted by atomic mass is 16.4. The van der Waals surface area contributed by atoms with E-state index in [0.29, 0.717) is 29.2 Å². The number of aromatic nitrogens is 1. The SMILES string of the molecule is Cc1c(-c2ccccc2)c(=O)oc2c(CN3C[C@@H]4C[C@@H](C3)c3cccc(=O)n3C4)c(O)ccc12. The van der Waals surface area contributed by atoms with Crippen molar-refractivity contribution in [3.63, 3.8) is 0 Å². The number of aryl methyl sites for hydroxylation is 1. The molecule has 4 heterocycles. The molecule has 2 atom stereocenters. The first kappa shape index (κ1) is 20.9. The number of piperidine rings is 1. The van der Waals surface area contributed by atoms with E-state index in [0.717, 1.165) is 48.3 Å². The maximum Gasteiger partial charge on any atom is 0.344 e. The van der Waals surface area contributed by atoms with Crippen LogP contribution in [0.2, 0.25) is 0 Å². The van der Waals surface area contributed by atoms with Crippen LogP contribution >= 0.6 is 0 Å². The number of fused-ring (bicyclic) bond motifs is 5. The molecule has 1 N–H and O–H groups in total. The van der Waals surface area contributed by atoms with Gasteiger partial charge in [-0.2, -0.15) is 0 Å². The van der Waals surface area contributed by atoms with Crippen LogP contribution in [-0.4, -0.2) is 27.7 Å². The molecule has 0 spiro atoms. The van der Waals surface area contributed by atoms with Crippen LogP contribution in [0.5, 0.6) is 5.75 Å². The second-order valence-corrected chi connectivity index (χ2v) is 9.59. The minimum absolute atomic E-state index is 0.0684. The number of rotatable bonds is 3. The Morgan fingerprint density at radius 1 is 0.971 bits per heavy atom. The van der Waals surface area contributed by atoms with Gasteiger partial charge in [0.1, 0.15) is 11.3 Å². The van der Waals surface area contributed by atoms with Crippen LogP contribution in [0.1, 0.15) is 29.2 Å². The average molecular weight is 455 g/mol. The fourth-order valence-electron chi connectivity index (χ4n) is 5.90. The van der Waals surface area contributed by atoms with Gasteiger partial charge in [-0.25, -0.2) is 4.79 Å². The van der Waals surface area contributed by atoms with E-state index in [-0.39, 0.29) is 17.2 Å². The van der Waals surface area contributed by atoms with Gasteiger partial charge in [-0.1, -0.05) is 36.4 Å². The molecule has 2 aromatic carbocycles. The number of hydrogen-bond acceptors (Lipinski definition) is 5. The summed E-state index contributed by atoms with van der Waals surface area (Å²) >= 11 is 0. The Kier molecular flexibility index (Phi) is 4.92. The van der Waals surface area contributed by atoms with E-state index >= 15 is 0 Å². The minimum atomic E-state index is -0.396. The summed E-state index contributed by atoms with van der Waals surface area (Å²) in [5, 5.41) is 11.6. The van der Waals surface area contributed by atoms with E-state index in [1.165, 1.54) is 0 Å². The van der Waals surface area contributed by atoms with Crippen LogP contribution in [0, 0.1) is 12.8 Å². The Balaban J connectivity index is 1.39. The van der Waals surface area contributed by atoms with Gasteiger partial charge in [-0.3, -0.25) is 9.69 Å². The van der Waals surface area contributed by atoms with Gasteiger partial charge in [0.05, 0.1) is 11.1 Å². The number of hydrogen-bond donors (Lipinski definition) is 1. The molecule has 1 saturated heterocycles. The van der Waals surface area contributed by atoms with Crippen LogP contribution < -0.4 is 11.2 Å². The van der Waals surface area contributed by atoms with Gasteiger partial charge in [0, 0.05) is 49.2 Å². The highest BCUT2D eigenvalue weighted by molar-refractivity contribution is 5.89. The summed E-state index contributed by atoms with van der Waals surface area (Å²) in [5.41, 5.74) is 4.08. The molecule has 6 rings (SSSR count). The van der Waals surface area contributed by atoms with Gasteiger partial charge in [0.25, 0.3) is 5.56 Å². The third-order valence-corrected chi connectivity index (χ3v) is 7.41. The summed E-state index contributed by atoms with van der Waals surface area (Å²) in [6.45, 7) is 4.76. The fraction of sp³-hybridized carbons (Fsp3) is 0.286. The van der Waals surface area contributed by atoms with Gasteiger partial charge in [0.2, 0.25) is 0 Å². The van der Waals surface area contributed by atoms with Gasteiger partial charge in [-0.15, -0.1) is 0 Å². The Labute approximate surface area is 196 Å². The summed E-state index contributed by atoms with van der Waals surface area (Å²) in [6, 6.07) is 18.6. The molecule has 0 saturated carbocycles. The molecule has 1 fully saturated rings. The zero-order chi connectivity index (χ0) is 23.4. The number of benzene rings is 2. The summed E-state index contributed by atoms with van der Waals surface area (Å²) in [6.07, 6.45) is 1.07. The van der Waals surface area contributed by atoms with Crippen LogP contribution in [0.25, 0.3) is 22.1 Å². The molecule has 6 heteroatoms. The lowest BCUT2D eigenvalue weighted by molar-refractivity contribution is 0.113. The smallest absolute Gasteiger partial charge is 0.344 e. The lowest BCUT2D eigenvalue weighted by Gasteiger charge is -2.42. The average Bonchev–Trinajstić information content (AvgIpc) is 2.82. The van der Waals surface area contributed by atoms with Crippen molar-refractivity contribution in [3.8, 4) is 16.9 Å². The lowest BCUT2D eigenvalue weighted by Crippen LogP contribution is -2.46. The van der Waals surface area contributed by atoms with E-state index in [9.17, 15) is 14.7 Å². The predicted octanol–water partition coefficient (Wildman–Crippen LogP) is 4.26. The molecule has 6 nitrogen and oxygen atoms in total. The largest absolute Gasteiger partial charge is 0.507 e. The van der Waals surface area contributed by atoms with Crippen molar-refractivity contribution in [2.24, 2.45) is 5.92 Å². The van der Waals surface area contributed by atoms with Crippen molar-refractivity contribution >= 4 is 11.0 Å². The summed E-state index contributed by atoms with van der Waals surface area (Å²) in [7, 11) is 0. The monoisotopic (exact) mass is 454 g/mol. The molecule has 2 aliphatic heterocycles. The maximum atomic E-state index is 13.0. The molecule has 2 aliphatic rings. The van der Waals surface area contributed by atoms with Crippen molar-refractivity contribution in [2.75, 3.05) is 13.1 Å². The molecular weight excluding hydrogens is 428 g/mol. The van der Waals surface area contributed by atoms with Crippen molar-refractivity contribution < 1.29 is 9.52 Å². The first-order valence-electron chi connectivity index (χ1n) is 11.8. The molecule has 172 valence electrons. The number of phenolic OH excluding ortho intramolecular Hbond substituents is 1. The third kappa shape index (κ3) is 3.37. The summed E-state index contributed by atoms with van der Waals surface area (Å²) in [5.74, 6) is 0.786. The Morgan fingerprint density at radius 2 is 1.79 bits per heavy atom. The zero-order valence-electron chi connectivity index (χ0n) is 19.0. The second kappa shape index (κ2) is 7.99. The molecule has 0 aliphatic carbocycles. The minimum Gasteiger partial charge on any atom is -0.507 e. The molecule has 2 aromatic heterocycles. The maximum absolute atomic E-state index is 13.0. The summed E-state index contributed by atoms with van der Waals surface area (Å²) in [4.78, 5) is 27.7. The molecule has 0 amide bonds. The second-order valence-electron chi connectivity index (χ2n) is 9.59. The fourth-order valence-corrected chi connectivity index (χ4v) is 5.90. The van der Waals surface area contributed by atoms with Crippen molar-refractivity contribution in [1.82, 2.24) is 9.47 Å². The van der Waals surface area contributed by atoms with E-state index in [4.69, 9.17) is 4.42 Å². The molecule has 0 unspecified atom stereocenters. The van der Waals surface area contributed by atoms with E-state index < -0.39 is 5.63 Å². The quantitative estimate of drug-likeness (QED) is 0.468. The highest BCUT2D eigenvalue weighted by Gasteiger charge is 2.35. The van der Waals surface area contributed by atoms with E-state index in [2.05, 4.69) is 11.0 Å². The van der Waals surface area contributed by atoms with Gasteiger partial charge in [-0.05, 0) is 48.6 Å². The Bertz CT molecular complexity index is 1520. The van der Waals surface area contributed by atoms with E-state index in [1.54, 1.807) is 12.1 Å². The van der Waals surface area contributed by atoms with Crippen LogP contribution in [0.15, 0.2) is 74.7 Å². The van der Waals surface area contributed by atoms with Crippen molar-refractivity contribution in [2.45, 2.75) is 32.4 Å². The lowest BCUT2D eigenvalue weighted by atomic mass is 9.83. The van der Waals surface area contributed by atoms with Gasteiger partial charge < -0.3 is 14.1 Å². The van der Waals surface area contributed by atoms with E-state index in [1.807, 2.05) is 54.0 Å². The molecular formula is C28H26N2O4. The molecule has 34 heavy (non-hydrogen) atoms. The van der Waals surface area contributed by atoms with Crippen molar-refractivity contribution in [1.29, 1.82) is 0 Å².